The molecule has 1 saturated heterocycles. The summed E-state index contributed by atoms with van der Waals surface area (Å²) in [6.07, 6.45) is 1.43. The quantitative estimate of drug-likeness (QED) is 0.894. The molecule has 2 N–H and O–H groups in total. The molecule has 1 heterocycles. The van der Waals surface area contributed by atoms with Gasteiger partial charge in [0.2, 0.25) is 0 Å². The van der Waals surface area contributed by atoms with Gasteiger partial charge in [0.15, 0.2) is 0 Å². The Balaban J connectivity index is 0.00000242. The van der Waals surface area contributed by atoms with E-state index in [2.05, 4.69) is 36.6 Å². The van der Waals surface area contributed by atoms with Crippen LogP contribution in [-0.2, 0) is 9.53 Å². The van der Waals surface area contributed by atoms with Gasteiger partial charge in [0.25, 0.3) is 5.91 Å². The topological polar surface area (TPSA) is 50.4 Å². The minimum atomic E-state index is -0.683. The Morgan fingerprint density at radius 2 is 1.95 bits per heavy atom. The highest BCUT2D eigenvalue weighted by Crippen LogP contribution is 2.25. The Kier molecular flexibility index (Phi) is 6.85. The minimum Gasteiger partial charge on any atom is -0.368 e. The maximum absolute atomic E-state index is 12.7. The Morgan fingerprint density at radius 3 is 2.55 bits per heavy atom. The van der Waals surface area contributed by atoms with E-state index < -0.39 is 5.60 Å². The molecule has 0 bridgehead atoms. The van der Waals surface area contributed by atoms with Gasteiger partial charge in [-0.3, -0.25) is 4.79 Å². The van der Waals surface area contributed by atoms with E-state index in [1.165, 1.54) is 16.7 Å². The van der Waals surface area contributed by atoms with Crippen LogP contribution in [0, 0.1) is 13.8 Å². The number of halogens is 1. The molecule has 1 fully saturated rings. The van der Waals surface area contributed by atoms with E-state index in [-0.39, 0.29) is 24.4 Å². The first-order chi connectivity index (χ1) is 10.00. The third-order valence-electron chi connectivity index (χ3n) is 4.68. The van der Waals surface area contributed by atoms with Gasteiger partial charge in [0.05, 0.1) is 6.04 Å². The highest BCUT2D eigenvalue weighted by atomic mass is 35.5. The Bertz CT molecular complexity index is 513. The summed E-state index contributed by atoms with van der Waals surface area (Å²) in [5.74, 6) is -0.0000869. The monoisotopic (exact) mass is 326 g/mol. The number of carbonyl (C=O) groups excluding carboxylic acids is 1. The van der Waals surface area contributed by atoms with Gasteiger partial charge >= 0.3 is 0 Å². The number of rotatable bonds is 4. The average molecular weight is 327 g/mol. The smallest absolute Gasteiger partial charge is 0.252 e. The highest BCUT2D eigenvalue weighted by Gasteiger charge is 2.40. The van der Waals surface area contributed by atoms with Crippen LogP contribution < -0.4 is 10.6 Å². The molecule has 1 aliphatic rings. The molecule has 0 radical (unpaired) electrons. The van der Waals surface area contributed by atoms with E-state index in [4.69, 9.17) is 4.74 Å². The van der Waals surface area contributed by atoms with Gasteiger partial charge in [0, 0.05) is 7.11 Å². The van der Waals surface area contributed by atoms with Crippen molar-refractivity contribution in [2.75, 3.05) is 20.2 Å². The van der Waals surface area contributed by atoms with Crippen molar-refractivity contribution in [2.24, 2.45) is 0 Å². The van der Waals surface area contributed by atoms with Crippen molar-refractivity contribution < 1.29 is 9.53 Å². The summed E-state index contributed by atoms with van der Waals surface area (Å²) in [5.41, 5.74) is 2.97. The molecule has 5 heteroatoms. The number of carbonyl (C=O) groups is 1. The second-order valence-corrected chi connectivity index (χ2v) is 5.93. The molecular formula is C17H27ClN2O2. The molecule has 22 heavy (non-hydrogen) atoms. The molecule has 0 aromatic heterocycles. The summed E-state index contributed by atoms with van der Waals surface area (Å²) in [5, 5.41) is 6.40. The largest absolute Gasteiger partial charge is 0.368 e. The Morgan fingerprint density at radius 1 is 1.32 bits per heavy atom. The molecule has 1 aromatic rings. The lowest BCUT2D eigenvalue weighted by Gasteiger charge is -2.36. The van der Waals surface area contributed by atoms with Crippen molar-refractivity contribution in [3.05, 3.63) is 34.9 Å². The van der Waals surface area contributed by atoms with E-state index in [0.29, 0.717) is 0 Å². The predicted molar refractivity (Wildman–Crippen MR) is 91.6 cm³/mol. The fourth-order valence-corrected chi connectivity index (χ4v) is 3.00. The van der Waals surface area contributed by atoms with Gasteiger partial charge in [-0.1, -0.05) is 18.2 Å². The number of hydrogen-bond donors (Lipinski definition) is 2. The summed E-state index contributed by atoms with van der Waals surface area (Å²) in [4.78, 5) is 12.7. The first-order valence-corrected chi connectivity index (χ1v) is 7.63. The maximum Gasteiger partial charge on any atom is 0.252 e. The lowest BCUT2D eigenvalue weighted by atomic mass is 9.90. The molecule has 1 amide bonds. The number of piperidine rings is 1. The number of nitrogens with one attached hydrogen (secondary N) is 2. The van der Waals surface area contributed by atoms with Gasteiger partial charge in [-0.25, -0.2) is 0 Å². The standard InChI is InChI=1S/C17H26N2O2.ClH/c1-12-6-5-7-15(13(12)2)14(3)19-16(20)17(21-4)8-10-18-11-9-17;/h5-7,14,18H,8-11H2,1-4H3,(H,19,20);1H. The maximum atomic E-state index is 12.7. The van der Waals surface area contributed by atoms with E-state index in [1.807, 2.05) is 13.0 Å². The lowest BCUT2D eigenvalue weighted by molar-refractivity contribution is -0.147. The fourth-order valence-electron chi connectivity index (χ4n) is 3.00. The number of hydrogen-bond acceptors (Lipinski definition) is 3. The summed E-state index contributed by atoms with van der Waals surface area (Å²) < 4.78 is 5.58. The zero-order valence-electron chi connectivity index (χ0n) is 13.9. The van der Waals surface area contributed by atoms with E-state index in [0.717, 1.165) is 25.9 Å². The minimum absolute atomic E-state index is 0. The van der Waals surface area contributed by atoms with E-state index in [1.54, 1.807) is 7.11 Å². The average Bonchev–Trinajstić information content (AvgIpc) is 2.50. The van der Waals surface area contributed by atoms with Crippen molar-refractivity contribution in [3.63, 3.8) is 0 Å². The van der Waals surface area contributed by atoms with Gasteiger partial charge in [-0.15, -0.1) is 12.4 Å². The van der Waals surface area contributed by atoms with Crippen LogP contribution in [0.2, 0.25) is 0 Å². The first-order valence-electron chi connectivity index (χ1n) is 7.63. The van der Waals surface area contributed by atoms with Crippen LogP contribution in [0.1, 0.15) is 42.5 Å². The molecule has 1 aromatic carbocycles. The van der Waals surface area contributed by atoms with Crippen LogP contribution in [0.25, 0.3) is 0 Å². The van der Waals surface area contributed by atoms with Gasteiger partial charge < -0.3 is 15.4 Å². The molecule has 0 spiro atoms. The van der Waals surface area contributed by atoms with Crippen molar-refractivity contribution in [1.29, 1.82) is 0 Å². The molecule has 4 nitrogen and oxygen atoms in total. The third-order valence-corrected chi connectivity index (χ3v) is 4.68. The van der Waals surface area contributed by atoms with Crippen LogP contribution in [0.15, 0.2) is 18.2 Å². The van der Waals surface area contributed by atoms with E-state index >= 15 is 0 Å². The molecule has 1 unspecified atom stereocenters. The molecule has 124 valence electrons. The van der Waals surface area contributed by atoms with E-state index in [9.17, 15) is 4.79 Å². The molecule has 2 rings (SSSR count). The number of methoxy groups -OCH3 is 1. The Hall–Kier alpha value is -1.10. The van der Waals surface area contributed by atoms with Crippen LogP contribution in [0.5, 0.6) is 0 Å². The van der Waals surface area contributed by atoms with Crippen molar-refractivity contribution >= 4 is 18.3 Å². The summed E-state index contributed by atoms with van der Waals surface area (Å²) in [6, 6.07) is 6.20. The summed E-state index contributed by atoms with van der Waals surface area (Å²) in [6.45, 7) is 7.86. The molecule has 0 saturated carbocycles. The van der Waals surface area contributed by atoms with Crippen LogP contribution in [-0.4, -0.2) is 31.7 Å². The van der Waals surface area contributed by atoms with Crippen molar-refractivity contribution in [1.82, 2.24) is 10.6 Å². The van der Waals surface area contributed by atoms with Crippen molar-refractivity contribution in [2.45, 2.75) is 45.3 Å². The second-order valence-electron chi connectivity index (χ2n) is 5.93. The van der Waals surface area contributed by atoms with Crippen molar-refractivity contribution in [3.8, 4) is 0 Å². The Labute approximate surface area is 139 Å². The lowest BCUT2D eigenvalue weighted by Crippen LogP contribution is -2.54. The van der Waals surface area contributed by atoms with Gasteiger partial charge in [-0.2, -0.15) is 0 Å². The van der Waals surface area contributed by atoms with Crippen LogP contribution >= 0.6 is 12.4 Å². The van der Waals surface area contributed by atoms with Crippen LogP contribution in [0.3, 0.4) is 0 Å². The zero-order valence-corrected chi connectivity index (χ0v) is 14.7. The second kappa shape index (κ2) is 7.95. The third kappa shape index (κ3) is 3.80. The fraction of sp³-hybridized carbons (Fsp3) is 0.588. The SMILES string of the molecule is COC1(C(=O)NC(C)c2cccc(C)c2C)CCNCC1.Cl. The van der Waals surface area contributed by atoms with Gasteiger partial charge in [-0.05, 0) is 63.4 Å². The molecule has 0 aliphatic carbocycles. The number of benzene rings is 1. The molecular weight excluding hydrogens is 300 g/mol. The first kappa shape index (κ1) is 18.9. The molecule has 1 atom stereocenters. The highest BCUT2D eigenvalue weighted by molar-refractivity contribution is 5.86. The summed E-state index contributed by atoms with van der Waals surface area (Å²) in [7, 11) is 1.63. The van der Waals surface area contributed by atoms with Gasteiger partial charge in [0.1, 0.15) is 5.60 Å². The number of amides is 1. The number of ether oxygens (including phenoxy) is 1. The number of aryl methyl sites for hydroxylation is 1. The zero-order chi connectivity index (χ0) is 15.5. The summed E-state index contributed by atoms with van der Waals surface area (Å²) >= 11 is 0. The normalized spacial score (nSPS) is 18.2. The van der Waals surface area contributed by atoms with Crippen LogP contribution in [0.4, 0.5) is 0 Å². The predicted octanol–water partition coefficient (Wildman–Crippen LogP) is 2.67. The molecule has 1 aliphatic heterocycles.